The quantitative estimate of drug-likeness (QED) is 0.650. The molecule has 1 fully saturated rings. The van der Waals surface area contributed by atoms with E-state index in [1.807, 2.05) is 4.90 Å². The largest absolute Gasteiger partial charge is 0.343 e. The van der Waals surface area contributed by atoms with Crippen LogP contribution in [0.4, 0.5) is 0 Å². The molecule has 3 heteroatoms. The highest BCUT2D eigenvalue weighted by atomic mass is 16.2. The lowest BCUT2D eigenvalue weighted by atomic mass is 10.1. The van der Waals surface area contributed by atoms with Crippen LogP contribution in [0, 0.1) is 5.92 Å². The summed E-state index contributed by atoms with van der Waals surface area (Å²) >= 11 is 0. The minimum atomic E-state index is 0.331. The highest BCUT2D eigenvalue weighted by molar-refractivity contribution is 5.78. The topological polar surface area (TPSA) is 23.6 Å². The second-order valence-corrected chi connectivity index (χ2v) is 5.46. The van der Waals surface area contributed by atoms with E-state index in [0.29, 0.717) is 11.8 Å². The zero-order valence-corrected chi connectivity index (χ0v) is 12.4. The van der Waals surface area contributed by atoms with Crippen LogP contribution in [0.15, 0.2) is 11.6 Å². The van der Waals surface area contributed by atoms with E-state index in [9.17, 15) is 4.79 Å². The van der Waals surface area contributed by atoms with E-state index in [1.54, 1.807) is 0 Å². The molecule has 1 heterocycles. The molecule has 0 N–H and O–H groups in total. The minimum Gasteiger partial charge on any atom is -0.343 e. The maximum atomic E-state index is 11.6. The van der Waals surface area contributed by atoms with Crippen LogP contribution in [0.3, 0.4) is 0 Å². The van der Waals surface area contributed by atoms with Crippen LogP contribution < -0.4 is 0 Å². The highest BCUT2D eigenvalue weighted by Crippen LogP contribution is 2.18. The first kappa shape index (κ1) is 15.2. The summed E-state index contributed by atoms with van der Waals surface area (Å²) in [7, 11) is 2.16. The number of nitrogens with zero attached hydrogens (tertiary/aromatic N) is 2. The van der Waals surface area contributed by atoms with Crippen molar-refractivity contribution in [2.75, 3.05) is 33.2 Å². The van der Waals surface area contributed by atoms with E-state index in [1.165, 1.54) is 5.57 Å². The molecule has 0 aromatic heterocycles. The SMILES string of the molecule is CC/C(C)=C/CCN(C)C[C@H]1CC(=O)N(CC)C1. The molecule has 18 heavy (non-hydrogen) atoms. The fourth-order valence-electron chi connectivity index (χ4n) is 2.49. The van der Waals surface area contributed by atoms with Crippen molar-refractivity contribution >= 4 is 5.91 Å². The fourth-order valence-corrected chi connectivity index (χ4v) is 2.49. The normalized spacial score (nSPS) is 21.2. The lowest BCUT2D eigenvalue weighted by molar-refractivity contribution is -0.127. The molecule has 0 saturated carbocycles. The lowest BCUT2D eigenvalue weighted by Gasteiger charge is -2.20. The fraction of sp³-hybridized carbons (Fsp3) is 0.800. The molecule has 1 atom stereocenters. The highest BCUT2D eigenvalue weighted by Gasteiger charge is 2.28. The van der Waals surface area contributed by atoms with Gasteiger partial charge in [0.1, 0.15) is 0 Å². The molecular formula is C15H28N2O. The van der Waals surface area contributed by atoms with Gasteiger partial charge in [0, 0.05) is 32.6 Å². The first-order valence-electron chi connectivity index (χ1n) is 7.18. The van der Waals surface area contributed by atoms with Crippen LogP contribution in [-0.4, -0.2) is 48.9 Å². The number of allylic oxidation sites excluding steroid dienone is 1. The molecule has 0 radical (unpaired) electrons. The van der Waals surface area contributed by atoms with E-state index in [0.717, 1.165) is 45.4 Å². The maximum absolute atomic E-state index is 11.6. The minimum absolute atomic E-state index is 0.331. The Balaban J connectivity index is 2.25. The summed E-state index contributed by atoms with van der Waals surface area (Å²) in [4.78, 5) is 16.0. The van der Waals surface area contributed by atoms with E-state index < -0.39 is 0 Å². The second-order valence-electron chi connectivity index (χ2n) is 5.46. The average molecular weight is 252 g/mol. The van der Waals surface area contributed by atoms with Gasteiger partial charge in [0.2, 0.25) is 5.91 Å². The van der Waals surface area contributed by atoms with Gasteiger partial charge in [0.25, 0.3) is 0 Å². The van der Waals surface area contributed by atoms with Gasteiger partial charge >= 0.3 is 0 Å². The van der Waals surface area contributed by atoms with E-state index in [-0.39, 0.29) is 0 Å². The van der Waals surface area contributed by atoms with Crippen molar-refractivity contribution < 1.29 is 4.79 Å². The molecular weight excluding hydrogens is 224 g/mol. The van der Waals surface area contributed by atoms with Crippen LogP contribution in [0.2, 0.25) is 0 Å². The molecule has 1 rings (SSSR count). The van der Waals surface area contributed by atoms with Crippen molar-refractivity contribution in [2.45, 2.75) is 40.0 Å². The van der Waals surface area contributed by atoms with Crippen molar-refractivity contribution in [3.05, 3.63) is 11.6 Å². The van der Waals surface area contributed by atoms with Gasteiger partial charge < -0.3 is 9.80 Å². The second kappa shape index (κ2) is 7.57. The van der Waals surface area contributed by atoms with E-state index in [4.69, 9.17) is 0 Å². The summed E-state index contributed by atoms with van der Waals surface area (Å²) < 4.78 is 0. The molecule has 0 unspecified atom stereocenters. The summed E-state index contributed by atoms with van der Waals surface area (Å²) in [6.45, 7) is 10.4. The Kier molecular flexibility index (Phi) is 6.41. The number of amides is 1. The number of carbonyl (C=O) groups is 1. The van der Waals surface area contributed by atoms with Crippen LogP contribution >= 0.6 is 0 Å². The zero-order valence-electron chi connectivity index (χ0n) is 12.4. The first-order chi connectivity index (χ1) is 8.56. The van der Waals surface area contributed by atoms with Gasteiger partial charge in [-0.3, -0.25) is 4.79 Å². The third-order valence-electron chi connectivity index (χ3n) is 3.81. The van der Waals surface area contributed by atoms with Crippen molar-refractivity contribution in [3.63, 3.8) is 0 Å². The van der Waals surface area contributed by atoms with Crippen molar-refractivity contribution in [2.24, 2.45) is 5.92 Å². The summed E-state index contributed by atoms with van der Waals surface area (Å²) in [6.07, 6.45) is 5.33. The Morgan fingerprint density at radius 1 is 1.50 bits per heavy atom. The van der Waals surface area contributed by atoms with Crippen LogP contribution in [0.1, 0.15) is 40.0 Å². The van der Waals surface area contributed by atoms with E-state index >= 15 is 0 Å². The number of rotatable bonds is 7. The Bertz CT molecular complexity index is 299. The standard InChI is InChI=1S/C15H28N2O/c1-5-13(3)8-7-9-16(4)11-14-10-15(18)17(6-2)12-14/h8,14H,5-7,9-12H2,1-4H3/b13-8+/t14-/m1/s1. The first-order valence-corrected chi connectivity index (χ1v) is 7.18. The number of likely N-dealkylation sites (tertiary alicyclic amines) is 1. The molecule has 1 aliphatic heterocycles. The molecule has 0 aliphatic carbocycles. The van der Waals surface area contributed by atoms with E-state index in [2.05, 4.69) is 38.8 Å². The molecule has 0 spiro atoms. The Labute approximate surface area is 112 Å². The zero-order chi connectivity index (χ0) is 13.5. The molecule has 3 nitrogen and oxygen atoms in total. The Morgan fingerprint density at radius 2 is 2.22 bits per heavy atom. The summed E-state index contributed by atoms with van der Waals surface area (Å²) in [5, 5.41) is 0. The van der Waals surface area contributed by atoms with Gasteiger partial charge in [0.05, 0.1) is 0 Å². The van der Waals surface area contributed by atoms with Gasteiger partial charge in [-0.2, -0.15) is 0 Å². The predicted octanol–water partition coefficient (Wildman–Crippen LogP) is 2.53. The monoisotopic (exact) mass is 252 g/mol. The molecule has 1 aliphatic rings. The average Bonchev–Trinajstić information content (AvgIpc) is 2.69. The van der Waals surface area contributed by atoms with Gasteiger partial charge in [-0.1, -0.05) is 18.6 Å². The smallest absolute Gasteiger partial charge is 0.222 e. The van der Waals surface area contributed by atoms with Gasteiger partial charge in [0.15, 0.2) is 0 Å². The predicted molar refractivity (Wildman–Crippen MR) is 76.5 cm³/mol. The Morgan fingerprint density at radius 3 is 2.78 bits per heavy atom. The lowest BCUT2D eigenvalue weighted by Crippen LogP contribution is -2.29. The molecule has 0 bridgehead atoms. The van der Waals surface area contributed by atoms with Crippen molar-refractivity contribution in [3.8, 4) is 0 Å². The van der Waals surface area contributed by atoms with Crippen molar-refractivity contribution in [1.29, 1.82) is 0 Å². The third-order valence-corrected chi connectivity index (χ3v) is 3.81. The molecule has 1 saturated heterocycles. The third kappa shape index (κ3) is 4.81. The molecule has 0 aromatic rings. The molecule has 0 aromatic carbocycles. The summed E-state index contributed by atoms with van der Waals surface area (Å²) in [5.74, 6) is 0.858. The van der Waals surface area contributed by atoms with Crippen LogP contribution in [0.25, 0.3) is 0 Å². The van der Waals surface area contributed by atoms with Crippen LogP contribution in [0.5, 0.6) is 0 Å². The number of carbonyl (C=O) groups excluding carboxylic acids is 1. The van der Waals surface area contributed by atoms with Gasteiger partial charge in [-0.15, -0.1) is 0 Å². The number of hydrogen-bond acceptors (Lipinski definition) is 2. The molecule has 1 amide bonds. The van der Waals surface area contributed by atoms with Crippen molar-refractivity contribution in [1.82, 2.24) is 9.80 Å². The maximum Gasteiger partial charge on any atom is 0.222 e. The van der Waals surface area contributed by atoms with Gasteiger partial charge in [-0.25, -0.2) is 0 Å². The molecule has 104 valence electrons. The number of hydrogen-bond donors (Lipinski definition) is 0. The summed E-state index contributed by atoms with van der Waals surface area (Å²) in [6, 6.07) is 0. The van der Waals surface area contributed by atoms with Gasteiger partial charge in [-0.05, 0) is 39.7 Å². The Hall–Kier alpha value is -0.830. The van der Waals surface area contributed by atoms with Crippen LogP contribution in [-0.2, 0) is 4.79 Å². The summed E-state index contributed by atoms with van der Waals surface area (Å²) in [5.41, 5.74) is 1.47.